The molecule has 1 N–H and O–H groups in total. The van der Waals surface area contributed by atoms with Crippen LogP contribution in [-0.4, -0.2) is 67.5 Å². The van der Waals surface area contributed by atoms with Gasteiger partial charge in [-0.3, -0.25) is 10.1 Å². The summed E-state index contributed by atoms with van der Waals surface area (Å²) in [6.07, 6.45) is 0.979. The van der Waals surface area contributed by atoms with Crippen LogP contribution >= 0.6 is 11.3 Å². The summed E-state index contributed by atoms with van der Waals surface area (Å²) in [6, 6.07) is 0.102. The Morgan fingerprint density at radius 2 is 2.03 bits per heavy atom. The summed E-state index contributed by atoms with van der Waals surface area (Å²) in [5, 5.41) is 8.44. The molecular weight excluding hydrogens is 447 g/mol. The van der Waals surface area contributed by atoms with E-state index in [1.165, 1.54) is 16.2 Å². The van der Waals surface area contributed by atoms with Gasteiger partial charge in [0.25, 0.3) is 5.91 Å². The highest BCUT2D eigenvalue weighted by Crippen LogP contribution is 2.50. The van der Waals surface area contributed by atoms with E-state index in [0.717, 1.165) is 24.0 Å². The van der Waals surface area contributed by atoms with Crippen LogP contribution in [0, 0.1) is 5.41 Å². The minimum absolute atomic E-state index is 0.0189. The van der Waals surface area contributed by atoms with Crippen molar-refractivity contribution in [3.05, 3.63) is 41.4 Å². The van der Waals surface area contributed by atoms with Crippen molar-refractivity contribution < 1.29 is 22.8 Å². The second kappa shape index (κ2) is 7.15. The molecule has 13 heteroatoms. The zero-order valence-corrected chi connectivity index (χ0v) is 17.7. The maximum atomic E-state index is 12.8. The Hall–Kier alpha value is -3.22. The van der Waals surface area contributed by atoms with Gasteiger partial charge in [-0.15, -0.1) is 11.3 Å². The van der Waals surface area contributed by atoms with E-state index in [2.05, 4.69) is 20.4 Å². The van der Waals surface area contributed by atoms with E-state index in [0.29, 0.717) is 24.7 Å². The number of carbonyl (C=O) groups is 2. The lowest BCUT2D eigenvalue weighted by molar-refractivity contribution is -0.141. The Balaban J connectivity index is 1.14. The van der Waals surface area contributed by atoms with Crippen molar-refractivity contribution in [2.24, 2.45) is 5.41 Å². The summed E-state index contributed by atoms with van der Waals surface area (Å²) in [4.78, 5) is 36.2. The van der Waals surface area contributed by atoms with Crippen molar-refractivity contribution in [2.45, 2.75) is 25.1 Å². The molecular formula is C19H18F3N7O2S. The number of anilines is 1. The van der Waals surface area contributed by atoms with Crippen molar-refractivity contribution >= 4 is 33.9 Å². The normalized spacial score (nSPS) is 17.8. The van der Waals surface area contributed by atoms with Crippen molar-refractivity contribution in [3.63, 3.8) is 0 Å². The van der Waals surface area contributed by atoms with Gasteiger partial charge < -0.3 is 9.80 Å². The molecule has 4 heterocycles. The number of alkyl halides is 3. The first-order valence-corrected chi connectivity index (χ1v) is 10.7. The lowest BCUT2D eigenvalue weighted by atomic mass is 9.60. The highest BCUT2D eigenvalue weighted by molar-refractivity contribution is 7.15. The average molecular weight is 465 g/mol. The van der Waals surface area contributed by atoms with Crippen LogP contribution in [0.2, 0.25) is 0 Å². The number of halogens is 3. The van der Waals surface area contributed by atoms with Gasteiger partial charge in [0.1, 0.15) is 22.7 Å². The molecule has 1 aliphatic carbocycles. The smallest absolute Gasteiger partial charge is 0.337 e. The summed E-state index contributed by atoms with van der Waals surface area (Å²) in [5.41, 5.74) is -0.551. The standard InChI is InChI=1S/C19H18F3N7O2S/c1-27(17(31)26-14-4-13(19(20,21)22)23-10-24-14)11-5-18(6-11)8-28(9-18)15(30)12-7-25-29-2-3-32-16(12)29/h2-4,7,10-11H,5-6,8-9H2,1H3,(H,23,24,26,31). The van der Waals surface area contributed by atoms with E-state index in [-0.39, 0.29) is 23.2 Å². The molecule has 3 aromatic heterocycles. The molecule has 3 amide bonds. The van der Waals surface area contributed by atoms with Gasteiger partial charge in [-0.1, -0.05) is 0 Å². The van der Waals surface area contributed by atoms with Gasteiger partial charge in [-0.25, -0.2) is 19.3 Å². The second-order valence-corrected chi connectivity index (χ2v) is 9.16. The van der Waals surface area contributed by atoms with Crippen molar-refractivity contribution in [2.75, 3.05) is 25.5 Å². The molecule has 1 saturated carbocycles. The number of thiazole rings is 1. The molecule has 0 unspecified atom stereocenters. The molecule has 9 nitrogen and oxygen atoms in total. The third-order valence-corrected chi connectivity index (χ3v) is 6.99. The minimum Gasteiger partial charge on any atom is -0.337 e. The molecule has 3 aromatic rings. The first kappa shape index (κ1) is 20.7. The van der Waals surface area contributed by atoms with Crippen molar-refractivity contribution in [1.29, 1.82) is 0 Å². The quantitative estimate of drug-likeness (QED) is 0.642. The third-order valence-electron chi connectivity index (χ3n) is 6.10. The van der Waals surface area contributed by atoms with E-state index < -0.39 is 17.9 Å². The Morgan fingerprint density at radius 3 is 2.75 bits per heavy atom. The van der Waals surface area contributed by atoms with Crippen LogP contribution < -0.4 is 5.32 Å². The summed E-state index contributed by atoms with van der Waals surface area (Å²) < 4.78 is 40.0. The lowest BCUT2D eigenvalue weighted by Crippen LogP contribution is -2.67. The van der Waals surface area contributed by atoms with E-state index in [9.17, 15) is 22.8 Å². The van der Waals surface area contributed by atoms with E-state index in [1.54, 1.807) is 28.9 Å². The fraction of sp³-hybridized carbons (Fsp3) is 0.421. The van der Waals surface area contributed by atoms with Crippen LogP contribution in [0.25, 0.3) is 4.83 Å². The number of aromatic nitrogens is 4. The van der Waals surface area contributed by atoms with Gasteiger partial charge in [-0.2, -0.15) is 18.3 Å². The minimum atomic E-state index is -4.62. The highest BCUT2D eigenvalue weighted by atomic mass is 32.1. The Labute approximate surface area is 183 Å². The number of carbonyl (C=O) groups excluding carboxylic acids is 2. The van der Waals surface area contributed by atoms with Gasteiger partial charge in [0.2, 0.25) is 0 Å². The van der Waals surface area contributed by atoms with Crippen LogP contribution in [0.3, 0.4) is 0 Å². The average Bonchev–Trinajstić information content (AvgIpc) is 3.28. The first-order valence-electron chi connectivity index (χ1n) is 9.78. The summed E-state index contributed by atoms with van der Waals surface area (Å²) in [5.74, 6) is -0.258. The number of urea groups is 1. The largest absolute Gasteiger partial charge is 0.433 e. The van der Waals surface area contributed by atoms with E-state index >= 15 is 0 Å². The predicted octanol–water partition coefficient (Wildman–Crippen LogP) is 2.97. The molecule has 32 heavy (non-hydrogen) atoms. The fourth-order valence-corrected chi connectivity index (χ4v) is 5.16. The van der Waals surface area contributed by atoms with Gasteiger partial charge in [0, 0.05) is 49.2 Å². The number of nitrogens with zero attached hydrogens (tertiary/aromatic N) is 6. The van der Waals surface area contributed by atoms with Crippen LogP contribution in [0.5, 0.6) is 0 Å². The van der Waals surface area contributed by atoms with Crippen molar-refractivity contribution in [1.82, 2.24) is 29.4 Å². The zero-order valence-electron chi connectivity index (χ0n) is 16.8. The number of amides is 3. The number of likely N-dealkylation sites (tertiary alicyclic amines) is 1. The first-order chi connectivity index (χ1) is 15.2. The van der Waals surface area contributed by atoms with Crippen molar-refractivity contribution in [3.8, 4) is 0 Å². The molecule has 0 radical (unpaired) electrons. The molecule has 0 aromatic carbocycles. The van der Waals surface area contributed by atoms with Gasteiger partial charge in [0.05, 0.1) is 11.8 Å². The predicted molar refractivity (Wildman–Crippen MR) is 108 cm³/mol. The Kier molecular flexibility index (Phi) is 4.62. The summed E-state index contributed by atoms with van der Waals surface area (Å²) in [6.45, 7) is 1.22. The van der Waals surface area contributed by atoms with Crippen LogP contribution in [0.15, 0.2) is 30.2 Å². The molecule has 168 valence electrons. The highest BCUT2D eigenvalue weighted by Gasteiger charge is 2.55. The van der Waals surface area contributed by atoms with Crippen LogP contribution in [0.4, 0.5) is 23.8 Å². The van der Waals surface area contributed by atoms with Crippen LogP contribution in [-0.2, 0) is 6.18 Å². The molecule has 2 aliphatic rings. The number of fused-ring (bicyclic) bond motifs is 1. The van der Waals surface area contributed by atoms with E-state index in [4.69, 9.17) is 0 Å². The van der Waals surface area contributed by atoms with Gasteiger partial charge in [-0.05, 0) is 12.8 Å². The Morgan fingerprint density at radius 1 is 1.28 bits per heavy atom. The number of hydrogen-bond acceptors (Lipinski definition) is 6. The monoisotopic (exact) mass is 465 g/mol. The second-order valence-electron chi connectivity index (χ2n) is 8.26. The molecule has 1 saturated heterocycles. The number of hydrogen-bond donors (Lipinski definition) is 1. The summed E-state index contributed by atoms with van der Waals surface area (Å²) >= 11 is 1.46. The SMILES string of the molecule is CN(C(=O)Nc1cc(C(F)(F)F)ncn1)C1CC2(C1)CN(C(=O)c1cnn3ccsc13)C2. The van der Waals surface area contributed by atoms with Gasteiger partial charge >= 0.3 is 12.2 Å². The van der Waals surface area contributed by atoms with Gasteiger partial charge in [0.15, 0.2) is 0 Å². The molecule has 1 spiro atoms. The van der Waals surface area contributed by atoms with Crippen LogP contribution in [0.1, 0.15) is 28.9 Å². The third kappa shape index (κ3) is 3.45. The molecule has 5 rings (SSSR count). The maximum Gasteiger partial charge on any atom is 0.433 e. The lowest BCUT2D eigenvalue weighted by Gasteiger charge is -2.60. The topological polar surface area (TPSA) is 95.7 Å². The Bertz CT molecular complexity index is 1190. The zero-order chi connectivity index (χ0) is 22.7. The number of rotatable bonds is 3. The molecule has 1 aliphatic heterocycles. The fourth-order valence-electron chi connectivity index (χ4n) is 4.37. The molecule has 0 bridgehead atoms. The molecule has 0 atom stereocenters. The van der Waals surface area contributed by atoms with E-state index in [1.807, 2.05) is 5.38 Å². The number of nitrogens with one attached hydrogen (secondary N) is 1. The molecule has 2 fully saturated rings. The summed E-state index contributed by atoms with van der Waals surface area (Å²) in [7, 11) is 1.60. The maximum absolute atomic E-state index is 12.8.